The second-order valence-corrected chi connectivity index (χ2v) is 27.5. The summed E-state index contributed by atoms with van der Waals surface area (Å²) >= 11 is 0. The first-order valence-corrected chi connectivity index (χ1v) is 34.6. The molecule has 109 heavy (non-hydrogen) atoms. The van der Waals surface area contributed by atoms with Gasteiger partial charge in [-0.3, -0.25) is 14.4 Å². The van der Waals surface area contributed by atoms with Gasteiger partial charge in [-0.05, 0) is 0 Å². The fourth-order valence-electron chi connectivity index (χ4n) is 14.0. The monoisotopic (exact) mass is 1600 g/mol. The van der Waals surface area contributed by atoms with Crippen molar-refractivity contribution in [3.8, 4) is 0 Å². The van der Waals surface area contributed by atoms with E-state index in [4.69, 9.17) is 80.5 Å². The molecule has 49 nitrogen and oxygen atoms in total. The molecule has 9 heterocycles. The minimum Gasteiger partial charge on any atom is -0.394 e. The van der Waals surface area contributed by atoms with E-state index in [1.165, 1.54) is 0 Å². The van der Waals surface area contributed by atoms with Gasteiger partial charge in [0, 0.05) is 20.8 Å². The molecule has 9 rings (SSSR count). The molecule has 9 aliphatic heterocycles. The van der Waals surface area contributed by atoms with Gasteiger partial charge in [-0.15, -0.1) is 0 Å². The van der Waals surface area contributed by atoms with Crippen LogP contribution in [0.5, 0.6) is 0 Å². The molecular weight excluding hydrogens is 1500 g/mol. The molecule has 0 aliphatic carbocycles. The number of nitrogens with one attached hydrogen (secondary N) is 3. The first-order chi connectivity index (χ1) is 51.6. The first-order valence-electron chi connectivity index (χ1n) is 34.6. The van der Waals surface area contributed by atoms with E-state index in [1.807, 2.05) is 0 Å². The number of carbonyl (C=O) groups excluding carboxylic acids is 3. The topological polar surface area (TPSA) is 770 Å². The van der Waals surface area contributed by atoms with Gasteiger partial charge in [0.1, 0.15) is 220 Å². The zero-order chi connectivity index (χ0) is 80.2. The Morgan fingerprint density at radius 3 is 0.844 bits per heavy atom. The molecule has 1 unspecified atom stereocenters. The number of hydrogen-bond acceptors (Lipinski definition) is 46. The molecule has 9 saturated heterocycles. The van der Waals surface area contributed by atoms with E-state index in [0.717, 1.165) is 20.8 Å². The van der Waals surface area contributed by atoms with Crippen LogP contribution in [0.4, 0.5) is 0 Å². The van der Waals surface area contributed by atoms with Gasteiger partial charge in [-0.25, -0.2) is 0 Å². The maximum Gasteiger partial charge on any atom is 0.217 e. The maximum absolute atomic E-state index is 12.9. The number of aliphatic hydroxyl groups is 26. The van der Waals surface area contributed by atoms with E-state index in [2.05, 4.69) is 16.0 Å². The van der Waals surface area contributed by atoms with Crippen molar-refractivity contribution in [2.24, 2.45) is 0 Å². The normalized spacial score (nSPS) is 50.0. The lowest BCUT2D eigenvalue weighted by molar-refractivity contribution is -0.386. The molecule has 0 aromatic heterocycles. The molecule has 0 bridgehead atoms. The molecular formula is C60H101N3O46. The van der Waals surface area contributed by atoms with Crippen LogP contribution in [0.15, 0.2) is 0 Å². The van der Waals surface area contributed by atoms with Crippen molar-refractivity contribution in [2.45, 2.75) is 297 Å². The molecule has 49 heteroatoms. The third-order valence-electron chi connectivity index (χ3n) is 19.9. The molecule has 9 aliphatic rings. The predicted molar refractivity (Wildman–Crippen MR) is 332 cm³/mol. The zero-order valence-electron chi connectivity index (χ0n) is 58.1. The van der Waals surface area contributed by atoms with Crippen LogP contribution in [0.2, 0.25) is 0 Å². The SMILES string of the molecule is CC(=O)N[C@H]1[C@H](OC[C@H]2O[C@H](OC[C@H]3OC(O)[C@@H](O)[C@@H](O[C@H]4O[C@H](CO)[C@@H](O[C@@H]5O[C@H](CO)[C@@H](O[C@@H]6O[C@H](CO)[C@H](O)[C@H](O)[C@H]6O)[C@H](O)[C@H]5NC(C)=O)[C@H](O)[C@@H]4O)[C@@H]3O)[C@@H](O[C@@H]3O[C@H](CO)[C@@H](O[C@@H]4O[C@H](CO)[C@H](O)[C@H](O)[C@H]4O)[C@H](O)[C@H]3NC(C)=O)[C@@H](O)[C@@H]2O)O[C@H](CO)[C@@H](O[C@@H]2O[C@H](CO)[C@H](O)[C@H](O)[C@H]2O)[C@@H]1O. The predicted octanol–water partition coefficient (Wildman–Crippen LogP) is -20.2. The number of rotatable bonds is 28. The Morgan fingerprint density at radius 1 is 0.239 bits per heavy atom. The van der Waals surface area contributed by atoms with Crippen LogP contribution in [-0.2, 0) is 94.9 Å². The Bertz CT molecular complexity index is 2840. The smallest absolute Gasteiger partial charge is 0.217 e. The number of ether oxygens (including phenoxy) is 17. The molecule has 632 valence electrons. The van der Waals surface area contributed by atoms with Crippen molar-refractivity contribution in [3.63, 3.8) is 0 Å². The van der Waals surface area contributed by atoms with E-state index in [9.17, 15) is 147 Å². The lowest BCUT2D eigenvalue weighted by Gasteiger charge is -2.50. The first kappa shape index (κ1) is 89.6. The molecule has 0 aromatic rings. The molecule has 9 fully saturated rings. The molecule has 0 aromatic carbocycles. The van der Waals surface area contributed by atoms with Gasteiger partial charge < -0.3 is 229 Å². The lowest BCUT2D eigenvalue weighted by atomic mass is 9.94. The Labute approximate surface area is 616 Å². The van der Waals surface area contributed by atoms with Crippen LogP contribution < -0.4 is 16.0 Å². The quantitative estimate of drug-likeness (QED) is 0.0346. The highest BCUT2D eigenvalue weighted by Gasteiger charge is 2.60. The van der Waals surface area contributed by atoms with E-state index < -0.39 is 353 Å². The Kier molecular flexibility index (Phi) is 32.1. The van der Waals surface area contributed by atoms with Gasteiger partial charge in [-0.1, -0.05) is 0 Å². The summed E-state index contributed by atoms with van der Waals surface area (Å²) in [7, 11) is 0. The molecule has 29 N–H and O–H groups in total. The highest BCUT2D eigenvalue weighted by Crippen LogP contribution is 2.39. The molecule has 45 atom stereocenters. The van der Waals surface area contributed by atoms with Crippen LogP contribution in [0, 0.1) is 0 Å². The summed E-state index contributed by atoms with van der Waals surface area (Å²) in [6, 6.07) is -5.44. The van der Waals surface area contributed by atoms with Gasteiger partial charge in [0.15, 0.2) is 56.6 Å². The highest BCUT2D eigenvalue weighted by molar-refractivity contribution is 5.74. The third kappa shape index (κ3) is 19.7. The second kappa shape index (κ2) is 39.1. The van der Waals surface area contributed by atoms with Crippen LogP contribution >= 0.6 is 0 Å². The molecule has 0 spiro atoms. The van der Waals surface area contributed by atoms with Crippen LogP contribution in [0.25, 0.3) is 0 Å². The minimum atomic E-state index is -2.41. The Morgan fingerprint density at radius 2 is 0.486 bits per heavy atom. The van der Waals surface area contributed by atoms with Crippen molar-refractivity contribution in [1.82, 2.24) is 16.0 Å². The molecule has 0 saturated carbocycles. The minimum absolute atomic E-state index is 0.865. The number of amides is 3. The van der Waals surface area contributed by atoms with Crippen LogP contribution in [0.3, 0.4) is 0 Å². The summed E-state index contributed by atoms with van der Waals surface area (Å²) in [6.45, 7) is -6.32. The standard InChI is InChI=1S/C60H101N3O46/c1-13(71)61-25-33(79)46(105-56-41(87)36(82)28(74)16(4-64)96-56)19(7-67)99-53(25)93-11-23-31(77)39(85)51(109-55-27(63-15(3)73)35(81)48(21(9-69)101-55)107-58-43(89)38(84)30(76)18(6-66)98-58)60(103-23)94-12-24-32(78)50(45(91)52(92)95-24)108-59-44(90)40(86)49(22(10-70)102-59)104-54-26(62-14(2)72)34(80)47(20(8-68)100-54)106-57-42(88)37(83)29(75)17(5-65)97-57/h16-60,64-70,74-92H,4-12H2,1-3H3,(H,61,71)(H,62,72)(H,63,73)/t16-,17-,18-,19-,20-,21-,22-,23-,24-,25-,26-,27-,28+,29+,30+,31-,32-,33-,34-,35-,36+,37+,38+,39+,40-,41-,42-,43-,44+,45+,46-,47-,48-,49-,50+,51+,52?,53-,54+,55+,56+,57+,58+,59-,60+/m1/s1. The van der Waals surface area contributed by atoms with Crippen molar-refractivity contribution in [1.29, 1.82) is 0 Å². The number of carbonyl (C=O) groups is 3. The van der Waals surface area contributed by atoms with Crippen LogP contribution in [0.1, 0.15) is 20.8 Å². The van der Waals surface area contributed by atoms with Gasteiger partial charge in [0.2, 0.25) is 17.7 Å². The van der Waals surface area contributed by atoms with Crippen LogP contribution in [-0.4, -0.2) is 486 Å². The lowest BCUT2D eigenvalue weighted by Crippen LogP contribution is -2.70. The second-order valence-electron chi connectivity index (χ2n) is 27.5. The van der Waals surface area contributed by atoms with Gasteiger partial charge in [0.25, 0.3) is 0 Å². The van der Waals surface area contributed by atoms with Crippen molar-refractivity contribution >= 4 is 17.7 Å². The fourth-order valence-corrected chi connectivity index (χ4v) is 14.0. The number of hydrogen-bond donors (Lipinski definition) is 29. The maximum atomic E-state index is 12.9. The third-order valence-corrected chi connectivity index (χ3v) is 19.9. The fraction of sp³-hybridized carbons (Fsp3) is 0.950. The highest BCUT2D eigenvalue weighted by atomic mass is 16.8. The zero-order valence-corrected chi connectivity index (χ0v) is 58.1. The summed E-state index contributed by atoms with van der Waals surface area (Å²) in [6.07, 6.45) is -84.2. The van der Waals surface area contributed by atoms with Crippen molar-refractivity contribution in [3.05, 3.63) is 0 Å². The summed E-state index contributed by atoms with van der Waals surface area (Å²) in [5.74, 6) is -2.67. The van der Waals surface area contributed by atoms with Gasteiger partial charge in [-0.2, -0.15) is 0 Å². The number of aliphatic hydroxyl groups excluding tert-OH is 26. The van der Waals surface area contributed by atoms with E-state index in [-0.39, 0.29) is 0 Å². The van der Waals surface area contributed by atoms with E-state index >= 15 is 0 Å². The van der Waals surface area contributed by atoms with Crippen molar-refractivity contribution < 1.29 is 228 Å². The summed E-state index contributed by atoms with van der Waals surface area (Å²) < 4.78 is 98.5. The Balaban J connectivity index is 0.942. The van der Waals surface area contributed by atoms with Gasteiger partial charge in [0.05, 0.1) is 59.5 Å². The summed E-state index contributed by atoms with van der Waals surface area (Å²) in [5, 5.41) is 291. The average Bonchev–Trinajstić information content (AvgIpc) is 0.778. The average molecular weight is 1600 g/mol. The largest absolute Gasteiger partial charge is 0.394 e. The molecule has 0 radical (unpaired) electrons. The Hall–Kier alpha value is -3.31. The van der Waals surface area contributed by atoms with Crippen molar-refractivity contribution in [2.75, 3.05) is 59.5 Å². The molecule has 3 amide bonds. The van der Waals surface area contributed by atoms with E-state index in [0.29, 0.717) is 0 Å². The van der Waals surface area contributed by atoms with Gasteiger partial charge >= 0.3 is 0 Å². The summed E-state index contributed by atoms with van der Waals surface area (Å²) in [5.41, 5.74) is 0. The van der Waals surface area contributed by atoms with E-state index in [1.54, 1.807) is 0 Å². The summed E-state index contributed by atoms with van der Waals surface area (Å²) in [4.78, 5) is 38.1.